The molecule has 0 atom stereocenters. The Morgan fingerprint density at radius 2 is 1.88 bits per heavy atom. The SMILES string of the molecule is NN.O=C1C=C(c2cccc(O)c2)C(=O)N1. The molecule has 0 radical (unpaired) electrons. The highest BCUT2D eigenvalue weighted by atomic mass is 16.3. The number of carbonyl (C=O) groups excluding carboxylic acids is 2. The lowest BCUT2D eigenvalue weighted by Gasteiger charge is -1.99. The number of nitrogens with two attached hydrogens (primary N) is 2. The zero-order valence-corrected chi connectivity index (χ0v) is 8.31. The predicted molar refractivity (Wildman–Crippen MR) is 57.6 cm³/mol. The summed E-state index contributed by atoms with van der Waals surface area (Å²) in [5.41, 5.74) is 0.819. The molecular formula is C10H11N3O3. The smallest absolute Gasteiger partial charge is 0.258 e. The minimum Gasteiger partial charge on any atom is -0.508 e. The first-order chi connectivity index (χ1) is 7.66. The van der Waals surface area contributed by atoms with Crippen LogP contribution in [0.1, 0.15) is 5.56 Å². The first-order valence-corrected chi connectivity index (χ1v) is 4.36. The molecule has 0 saturated heterocycles. The Hall–Kier alpha value is -2.18. The molecule has 16 heavy (non-hydrogen) atoms. The van der Waals surface area contributed by atoms with Gasteiger partial charge in [0.1, 0.15) is 5.75 Å². The van der Waals surface area contributed by atoms with E-state index < -0.39 is 11.8 Å². The molecule has 6 N–H and O–H groups in total. The highest BCUT2D eigenvalue weighted by Crippen LogP contribution is 2.21. The number of phenolic OH excluding ortho intramolecular Hbond substituents is 1. The maximum Gasteiger partial charge on any atom is 0.258 e. The van der Waals surface area contributed by atoms with E-state index in [9.17, 15) is 14.7 Å². The van der Waals surface area contributed by atoms with Crippen LogP contribution in [0.15, 0.2) is 30.3 Å². The van der Waals surface area contributed by atoms with Crippen molar-refractivity contribution in [3.05, 3.63) is 35.9 Å². The molecule has 6 nitrogen and oxygen atoms in total. The summed E-state index contributed by atoms with van der Waals surface area (Å²) in [6.45, 7) is 0. The van der Waals surface area contributed by atoms with Crippen LogP contribution < -0.4 is 17.0 Å². The van der Waals surface area contributed by atoms with E-state index in [2.05, 4.69) is 17.0 Å². The highest BCUT2D eigenvalue weighted by molar-refractivity contribution is 6.33. The van der Waals surface area contributed by atoms with Crippen LogP contribution in [0.25, 0.3) is 5.57 Å². The Labute approximate surface area is 91.5 Å². The number of amides is 2. The van der Waals surface area contributed by atoms with E-state index in [0.29, 0.717) is 5.56 Å². The fourth-order valence-electron chi connectivity index (χ4n) is 1.30. The van der Waals surface area contributed by atoms with Crippen molar-refractivity contribution in [1.29, 1.82) is 0 Å². The lowest BCUT2D eigenvalue weighted by Crippen LogP contribution is -2.21. The average molecular weight is 221 g/mol. The first-order valence-electron chi connectivity index (χ1n) is 4.36. The summed E-state index contributed by atoms with van der Waals surface area (Å²) in [5, 5.41) is 11.3. The van der Waals surface area contributed by atoms with Crippen molar-refractivity contribution >= 4 is 17.4 Å². The summed E-state index contributed by atoms with van der Waals surface area (Å²) in [6.07, 6.45) is 1.22. The lowest BCUT2D eigenvalue weighted by atomic mass is 10.1. The van der Waals surface area contributed by atoms with E-state index in [4.69, 9.17) is 0 Å². The second kappa shape index (κ2) is 5.06. The Morgan fingerprint density at radius 1 is 1.19 bits per heavy atom. The Morgan fingerprint density at radius 3 is 2.38 bits per heavy atom. The maximum atomic E-state index is 11.2. The fourth-order valence-corrected chi connectivity index (χ4v) is 1.30. The normalized spacial score (nSPS) is 13.8. The lowest BCUT2D eigenvalue weighted by molar-refractivity contribution is -0.123. The van der Waals surface area contributed by atoms with Crippen LogP contribution in [0.5, 0.6) is 5.75 Å². The van der Waals surface area contributed by atoms with E-state index in [0.717, 1.165) is 0 Å². The molecule has 0 aliphatic carbocycles. The van der Waals surface area contributed by atoms with E-state index in [1.165, 1.54) is 18.2 Å². The minimum absolute atomic E-state index is 0.0653. The predicted octanol–water partition coefficient (Wildman–Crippen LogP) is -0.749. The molecular weight excluding hydrogens is 210 g/mol. The van der Waals surface area contributed by atoms with Crippen molar-refractivity contribution < 1.29 is 14.7 Å². The number of benzene rings is 1. The van der Waals surface area contributed by atoms with Gasteiger partial charge in [-0.05, 0) is 17.7 Å². The van der Waals surface area contributed by atoms with Crippen LogP contribution >= 0.6 is 0 Å². The zero-order chi connectivity index (χ0) is 12.1. The molecule has 2 rings (SSSR count). The molecule has 1 aromatic rings. The molecule has 0 bridgehead atoms. The number of phenols is 1. The molecule has 1 heterocycles. The number of rotatable bonds is 1. The molecule has 0 fully saturated rings. The maximum absolute atomic E-state index is 11.2. The second-order valence-corrected chi connectivity index (χ2v) is 2.93. The van der Waals surface area contributed by atoms with Gasteiger partial charge in [0.25, 0.3) is 11.8 Å². The van der Waals surface area contributed by atoms with E-state index in [-0.39, 0.29) is 11.3 Å². The minimum atomic E-state index is -0.430. The van der Waals surface area contributed by atoms with Gasteiger partial charge in [-0.1, -0.05) is 12.1 Å². The molecule has 0 spiro atoms. The van der Waals surface area contributed by atoms with Gasteiger partial charge in [0.15, 0.2) is 0 Å². The Balaban J connectivity index is 0.000000606. The third kappa shape index (κ3) is 2.44. The molecule has 1 aromatic carbocycles. The number of hydrogen-bond donors (Lipinski definition) is 4. The summed E-state index contributed by atoms with van der Waals surface area (Å²) < 4.78 is 0. The van der Waals surface area contributed by atoms with Gasteiger partial charge in [0.05, 0.1) is 5.57 Å². The van der Waals surface area contributed by atoms with E-state index in [1.54, 1.807) is 12.1 Å². The Bertz CT molecular complexity index is 454. The summed E-state index contributed by atoms with van der Waals surface area (Å²) in [6, 6.07) is 6.20. The van der Waals surface area contributed by atoms with Crippen molar-refractivity contribution in [3.8, 4) is 5.75 Å². The van der Waals surface area contributed by atoms with Crippen LogP contribution in [-0.2, 0) is 9.59 Å². The van der Waals surface area contributed by atoms with Gasteiger partial charge in [0.2, 0.25) is 0 Å². The summed E-state index contributed by atoms with van der Waals surface area (Å²) in [4.78, 5) is 22.1. The monoisotopic (exact) mass is 221 g/mol. The standard InChI is InChI=1S/C10H7NO3.H4N2/c12-7-3-1-2-6(4-7)8-5-9(13)11-10(8)14;1-2/h1-5,12H,(H,11,13,14);1-2H2. The number of aromatic hydroxyl groups is 1. The number of hydrogen-bond acceptors (Lipinski definition) is 5. The number of carbonyl (C=O) groups is 2. The number of nitrogens with one attached hydrogen (secondary N) is 1. The van der Waals surface area contributed by atoms with Gasteiger partial charge in [-0.2, -0.15) is 0 Å². The Kier molecular flexibility index (Phi) is 3.76. The van der Waals surface area contributed by atoms with E-state index in [1.807, 2.05) is 0 Å². The van der Waals surface area contributed by atoms with Crippen molar-refractivity contribution in [2.24, 2.45) is 11.7 Å². The molecule has 0 unspecified atom stereocenters. The number of imide groups is 1. The fraction of sp³-hybridized carbons (Fsp3) is 0. The van der Waals surface area contributed by atoms with Crippen LogP contribution in [-0.4, -0.2) is 16.9 Å². The molecule has 0 saturated carbocycles. The summed E-state index contributed by atoms with van der Waals surface area (Å²) in [7, 11) is 0. The first kappa shape index (κ1) is 11.9. The molecule has 1 aliphatic rings. The van der Waals surface area contributed by atoms with Crippen LogP contribution in [0, 0.1) is 0 Å². The summed E-state index contributed by atoms with van der Waals surface area (Å²) >= 11 is 0. The van der Waals surface area contributed by atoms with E-state index >= 15 is 0 Å². The van der Waals surface area contributed by atoms with Crippen LogP contribution in [0.2, 0.25) is 0 Å². The topological polar surface area (TPSA) is 118 Å². The number of hydrazine groups is 1. The van der Waals surface area contributed by atoms with Crippen LogP contribution in [0.4, 0.5) is 0 Å². The molecule has 84 valence electrons. The molecule has 1 aliphatic heterocycles. The van der Waals surface area contributed by atoms with Crippen molar-refractivity contribution in [1.82, 2.24) is 5.32 Å². The molecule has 0 aromatic heterocycles. The van der Waals surface area contributed by atoms with Gasteiger partial charge in [0, 0.05) is 6.08 Å². The van der Waals surface area contributed by atoms with Gasteiger partial charge in [-0.15, -0.1) is 0 Å². The van der Waals surface area contributed by atoms with Crippen molar-refractivity contribution in [3.63, 3.8) is 0 Å². The third-order valence-electron chi connectivity index (χ3n) is 1.91. The third-order valence-corrected chi connectivity index (χ3v) is 1.91. The van der Waals surface area contributed by atoms with Gasteiger partial charge >= 0.3 is 0 Å². The second-order valence-electron chi connectivity index (χ2n) is 2.93. The molecule has 2 amide bonds. The average Bonchev–Trinajstić information content (AvgIpc) is 2.61. The highest BCUT2D eigenvalue weighted by Gasteiger charge is 2.21. The van der Waals surface area contributed by atoms with Gasteiger partial charge in [-0.25, -0.2) is 0 Å². The zero-order valence-electron chi connectivity index (χ0n) is 8.31. The van der Waals surface area contributed by atoms with Gasteiger partial charge < -0.3 is 5.11 Å². The van der Waals surface area contributed by atoms with Crippen molar-refractivity contribution in [2.75, 3.05) is 0 Å². The largest absolute Gasteiger partial charge is 0.508 e. The molecule has 6 heteroatoms. The van der Waals surface area contributed by atoms with Gasteiger partial charge in [-0.3, -0.25) is 26.6 Å². The quantitative estimate of drug-likeness (QED) is 0.283. The van der Waals surface area contributed by atoms with Crippen LogP contribution in [0.3, 0.4) is 0 Å². The summed E-state index contributed by atoms with van der Waals surface area (Å²) in [5.74, 6) is 7.21. The van der Waals surface area contributed by atoms with Crippen molar-refractivity contribution in [2.45, 2.75) is 0 Å².